The van der Waals surface area contributed by atoms with Crippen molar-refractivity contribution in [2.75, 3.05) is 33.3 Å². The first-order valence-electron chi connectivity index (χ1n) is 8.17. The van der Waals surface area contributed by atoms with Gasteiger partial charge in [-0.3, -0.25) is 4.79 Å². The topological polar surface area (TPSA) is 83.1 Å². The number of halogens is 1. The molecule has 0 aliphatic heterocycles. The molecule has 2 rings (SSSR count). The van der Waals surface area contributed by atoms with Crippen molar-refractivity contribution in [2.45, 2.75) is 0 Å². The fourth-order valence-electron chi connectivity index (χ4n) is 2.23. The van der Waals surface area contributed by atoms with E-state index in [0.29, 0.717) is 22.7 Å². The zero-order chi connectivity index (χ0) is 20.5. The van der Waals surface area contributed by atoms with Gasteiger partial charge in [-0.2, -0.15) is 0 Å². The molecule has 0 radical (unpaired) electrons. The van der Waals surface area contributed by atoms with E-state index in [-0.39, 0.29) is 5.75 Å². The summed E-state index contributed by atoms with van der Waals surface area (Å²) in [5.41, 5.74) is 0.827. The number of anilines is 1. The maximum Gasteiger partial charge on any atom is 0.331 e. The van der Waals surface area contributed by atoms with Crippen LogP contribution in [0.3, 0.4) is 0 Å². The molecule has 0 fully saturated rings. The summed E-state index contributed by atoms with van der Waals surface area (Å²) in [5.74, 6) is -0.786. The third kappa shape index (κ3) is 5.73. The van der Waals surface area contributed by atoms with Crippen molar-refractivity contribution in [1.82, 2.24) is 0 Å². The predicted octanol–water partition coefficient (Wildman–Crippen LogP) is 3.05. The van der Waals surface area contributed by atoms with Crippen LogP contribution < -0.4 is 19.5 Å². The molecule has 0 heterocycles. The third-order valence-electron chi connectivity index (χ3n) is 3.61. The van der Waals surface area contributed by atoms with Crippen LogP contribution >= 0.6 is 0 Å². The molecule has 0 aliphatic carbocycles. The molecule has 0 unspecified atom stereocenters. The summed E-state index contributed by atoms with van der Waals surface area (Å²) >= 11 is 0. The summed E-state index contributed by atoms with van der Waals surface area (Å²) in [4.78, 5) is 23.8. The van der Waals surface area contributed by atoms with Crippen LogP contribution in [-0.2, 0) is 14.3 Å². The van der Waals surface area contributed by atoms with Crippen LogP contribution in [0.2, 0.25) is 0 Å². The van der Waals surface area contributed by atoms with Crippen molar-refractivity contribution in [3.63, 3.8) is 0 Å². The third-order valence-corrected chi connectivity index (χ3v) is 3.61. The first kappa shape index (κ1) is 20.8. The van der Waals surface area contributed by atoms with Crippen LogP contribution in [-0.4, -0.2) is 39.8 Å². The van der Waals surface area contributed by atoms with Gasteiger partial charge in [-0.25, -0.2) is 9.18 Å². The largest absolute Gasteiger partial charge is 0.497 e. The lowest BCUT2D eigenvalue weighted by Gasteiger charge is -2.11. The molecule has 28 heavy (non-hydrogen) atoms. The van der Waals surface area contributed by atoms with Crippen molar-refractivity contribution >= 4 is 23.6 Å². The molecule has 148 valence electrons. The van der Waals surface area contributed by atoms with Crippen molar-refractivity contribution in [3.8, 4) is 17.2 Å². The Morgan fingerprint density at radius 1 is 1.00 bits per heavy atom. The Kier molecular flexibility index (Phi) is 7.38. The normalized spacial score (nSPS) is 10.4. The summed E-state index contributed by atoms with van der Waals surface area (Å²) in [6.07, 6.45) is 2.47. The predicted molar refractivity (Wildman–Crippen MR) is 101 cm³/mol. The lowest BCUT2D eigenvalue weighted by Crippen LogP contribution is -2.20. The monoisotopic (exact) mass is 389 g/mol. The number of amides is 1. The van der Waals surface area contributed by atoms with Gasteiger partial charge in [-0.1, -0.05) is 6.07 Å². The van der Waals surface area contributed by atoms with E-state index in [1.807, 2.05) is 0 Å². The van der Waals surface area contributed by atoms with Gasteiger partial charge in [-0.05, 0) is 35.9 Å². The van der Waals surface area contributed by atoms with Crippen LogP contribution in [0, 0.1) is 5.82 Å². The second-order valence-electron chi connectivity index (χ2n) is 5.45. The van der Waals surface area contributed by atoms with E-state index in [4.69, 9.17) is 18.9 Å². The number of carbonyl (C=O) groups is 2. The first-order valence-corrected chi connectivity index (χ1v) is 8.17. The zero-order valence-corrected chi connectivity index (χ0v) is 15.7. The quantitative estimate of drug-likeness (QED) is 0.552. The summed E-state index contributed by atoms with van der Waals surface area (Å²) < 4.78 is 33.5. The summed E-state index contributed by atoms with van der Waals surface area (Å²) in [6, 6.07) is 9.13. The molecular weight excluding hydrogens is 369 g/mol. The highest BCUT2D eigenvalue weighted by Crippen LogP contribution is 2.28. The highest BCUT2D eigenvalue weighted by molar-refractivity contribution is 5.95. The van der Waals surface area contributed by atoms with Crippen LogP contribution in [0.5, 0.6) is 17.2 Å². The molecule has 7 nitrogen and oxygen atoms in total. The number of hydrogen-bond acceptors (Lipinski definition) is 6. The molecule has 0 bridgehead atoms. The van der Waals surface area contributed by atoms with E-state index in [2.05, 4.69) is 5.32 Å². The molecule has 1 N–H and O–H groups in total. The lowest BCUT2D eigenvalue weighted by atomic mass is 10.2. The standard InChI is InChI=1S/C20H20FNO6/c1-25-14-6-8-18(27-3)16(11-14)22-19(23)12-28-20(24)9-5-13-4-7-17(26-2)15(21)10-13/h4-11H,12H2,1-3H3,(H,22,23)/b9-5+. The van der Waals surface area contributed by atoms with Crippen molar-refractivity contribution < 1.29 is 32.9 Å². The van der Waals surface area contributed by atoms with E-state index < -0.39 is 24.3 Å². The molecule has 2 aromatic carbocycles. The second kappa shape index (κ2) is 9.96. The van der Waals surface area contributed by atoms with Crippen molar-refractivity contribution in [2.24, 2.45) is 0 Å². The molecule has 0 atom stereocenters. The molecule has 8 heteroatoms. The maximum absolute atomic E-state index is 13.6. The molecular formula is C20H20FNO6. The van der Waals surface area contributed by atoms with Crippen LogP contribution in [0.1, 0.15) is 5.56 Å². The summed E-state index contributed by atoms with van der Waals surface area (Å²) in [5, 5.41) is 2.58. The molecule has 0 saturated carbocycles. The van der Waals surface area contributed by atoms with E-state index in [9.17, 15) is 14.0 Å². The summed E-state index contributed by atoms with van der Waals surface area (Å²) in [7, 11) is 4.32. The molecule has 1 amide bonds. The Labute approximate surface area is 161 Å². The number of methoxy groups -OCH3 is 3. The minimum Gasteiger partial charge on any atom is -0.497 e. The molecule has 0 spiro atoms. The molecule has 2 aromatic rings. The van der Waals surface area contributed by atoms with Crippen LogP contribution in [0.4, 0.5) is 10.1 Å². The van der Waals surface area contributed by atoms with Gasteiger partial charge >= 0.3 is 5.97 Å². The first-order chi connectivity index (χ1) is 13.5. The molecule has 0 saturated heterocycles. The van der Waals surface area contributed by atoms with E-state index in [0.717, 1.165) is 6.08 Å². The average Bonchev–Trinajstić information content (AvgIpc) is 2.70. The number of benzene rings is 2. The smallest absolute Gasteiger partial charge is 0.331 e. The Balaban J connectivity index is 1.90. The van der Waals surface area contributed by atoms with Gasteiger partial charge in [0, 0.05) is 12.1 Å². The zero-order valence-electron chi connectivity index (χ0n) is 15.7. The van der Waals surface area contributed by atoms with E-state index >= 15 is 0 Å². The number of hydrogen-bond donors (Lipinski definition) is 1. The van der Waals surface area contributed by atoms with Gasteiger partial charge in [0.2, 0.25) is 0 Å². The Morgan fingerprint density at radius 2 is 1.71 bits per heavy atom. The Bertz CT molecular complexity index is 881. The van der Waals surface area contributed by atoms with Crippen LogP contribution in [0.25, 0.3) is 6.08 Å². The van der Waals surface area contributed by atoms with Gasteiger partial charge in [0.15, 0.2) is 18.2 Å². The minimum absolute atomic E-state index is 0.101. The molecule has 0 aromatic heterocycles. The molecule has 0 aliphatic rings. The van der Waals surface area contributed by atoms with Crippen LogP contribution in [0.15, 0.2) is 42.5 Å². The fourth-order valence-corrected chi connectivity index (χ4v) is 2.23. The van der Waals surface area contributed by atoms with Crippen molar-refractivity contribution in [3.05, 3.63) is 53.9 Å². The number of nitrogens with one attached hydrogen (secondary N) is 1. The van der Waals surface area contributed by atoms with Gasteiger partial charge in [0.05, 0.1) is 27.0 Å². The number of esters is 1. The van der Waals surface area contributed by atoms with Gasteiger partial charge < -0.3 is 24.3 Å². The van der Waals surface area contributed by atoms with Gasteiger partial charge in [0.25, 0.3) is 5.91 Å². The second-order valence-corrected chi connectivity index (χ2v) is 5.45. The summed E-state index contributed by atoms with van der Waals surface area (Å²) in [6.45, 7) is -0.499. The average molecular weight is 389 g/mol. The Hall–Kier alpha value is -3.55. The highest BCUT2D eigenvalue weighted by atomic mass is 19.1. The fraction of sp³-hybridized carbons (Fsp3) is 0.200. The Morgan fingerprint density at radius 3 is 2.36 bits per heavy atom. The van der Waals surface area contributed by atoms with Crippen molar-refractivity contribution in [1.29, 1.82) is 0 Å². The van der Waals surface area contributed by atoms with Gasteiger partial charge in [-0.15, -0.1) is 0 Å². The number of ether oxygens (including phenoxy) is 4. The minimum atomic E-state index is -0.746. The van der Waals surface area contributed by atoms with Gasteiger partial charge in [0.1, 0.15) is 11.5 Å². The van der Waals surface area contributed by atoms with E-state index in [1.54, 1.807) is 24.3 Å². The number of rotatable bonds is 8. The lowest BCUT2D eigenvalue weighted by molar-refractivity contribution is -0.142. The maximum atomic E-state index is 13.6. The highest BCUT2D eigenvalue weighted by Gasteiger charge is 2.11. The number of carbonyl (C=O) groups excluding carboxylic acids is 2. The van der Waals surface area contributed by atoms with E-state index in [1.165, 1.54) is 39.5 Å². The SMILES string of the molecule is COc1ccc(OC)c(NC(=O)COC(=O)/C=C/c2ccc(OC)c(F)c2)c1.